The van der Waals surface area contributed by atoms with Crippen molar-refractivity contribution in [1.82, 2.24) is 9.80 Å². The lowest BCUT2D eigenvalue weighted by molar-refractivity contribution is -0.150. The molecular weight excluding hydrogens is 450 g/mol. The fraction of sp³-hybridized carbons (Fsp3) is 0.478. The smallest absolute Gasteiger partial charge is 0.401 e. The van der Waals surface area contributed by atoms with Crippen LogP contribution in [0.5, 0.6) is 11.5 Å². The zero-order chi connectivity index (χ0) is 23.8. The van der Waals surface area contributed by atoms with Crippen molar-refractivity contribution in [3.63, 3.8) is 0 Å². The van der Waals surface area contributed by atoms with Crippen molar-refractivity contribution in [2.45, 2.75) is 31.2 Å². The molecule has 0 radical (unpaired) electrons. The van der Waals surface area contributed by atoms with Crippen LogP contribution in [0.15, 0.2) is 30.3 Å². The van der Waals surface area contributed by atoms with Gasteiger partial charge in [0.05, 0.1) is 19.3 Å². The maximum Gasteiger partial charge on any atom is 0.401 e. The van der Waals surface area contributed by atoms with Crippen molar-refractivity contribution in [2.24, 2.45) is 0 Å². The van der Waals surface area contributed by atoms with Crippen LogP contribution in [-0.2, 0) is 6.42 Å². The number of hydrogen-bond acceptors (Lipinski definition) is 4. The summed E-state index contributed by atoms with van der Waals surface area (Å²) in [7, 11) is 0. The van der Waals surface area contributed by atoms with E-state index in [1.54, 1.807) is 0 Å². The summed E-state index contributed by atoms with van der Waals surface area (Å²) >= 11 is 0. The first-order chi connectivity index (χ1) is 15.6. The molecule has 180 valence electrons. The average molecular weight is 474 g/mol. The molecule has 10 heteroatoms. The van der Waals surface area contributed by atoms with Crippen LogP contribution in [0.3, 0.4) is 0 Å². The van der Waals surface area contributed by atoms with Gasteiger partial charge in [0, 0.05) is 43.9 Å². The predicted octanol–water partition coefficient (Wildman–Crippen LogP) is 4.60. The van der Waals surface area contributed by atoms with E-state index in [9.17, 15) is 22.7 Å². The van der Waals surface area contributed by atoms with E-state index in [4.69, 9.17) is 4.74 Å². The molecule has 2 heterocycles. The monoisotopic (exact) mass is 474 g/mol. The topological polar surface area (TPSA) is 35.9 Å². The molecule has 0 spiro atoms. The van der Waals surface area contributed by atoms with Gasteiger partial charge in [-0.2, -0.15) is 13.2 Å². The summed E-state index contributed by atoms with van der Waals surface area (Å²) in [5.41, 5.74) is 0.370. The fourth-order valence-corrected chi connectivity index (χ4v) is 4.55. The Bertz CT molecular complexity index is 970. The highest BCUT2D eigenvalue weighted by Crippen LogP contribution is 2.41. The molecule has 0 aliphatic carbocycles. The molecule has 4 nitrogen and oxygen atoms in total. The summed E-state index contributed by atoms with van der Waals surface area (Å²) in [5.74, 6) is -2.12. The Labute approximate surface area is 187 Å². The number of aromatic hydroxyl groups is 1. The molecule has 0 bridgehead atoms. The second kappa shape index (κ2) is 9.42. The van der Waals surface area contributed by atoms with Gasteiger partial charge in [-0.05, 0) is 36.1 Å². The van der Waals surface area contributed by atoms with Gasteiger partial charge in [-0.3, -0.25) is 14.2 Å². The summed E-state index contributed by atoms with van der Waals surface area (Å²) in [4.78, 5) is 2.95. The zero-order valence-electron chi connectivity index (χ0n) is 17.7. The standard InChI is InChI=1S/C23H24F6N2O2/c24-5-1-6-30-11-17(12-30)33-16-9-19(25)21(20(26)10-16)22-18-3-2-15(32)8-14(18)4-7-31(22)13-23(27,28)29/h2-3,8-10,17,22,32H,1,4-7,11-13H2/t22-/m0/s1. The lowest BCUT2D eigenvalue weighted by Crippen LogP contribution is -2.53. The van der Waals surface area contributed by atoms with E-state index in [-0.39, 0.29) is 30.6 Å². The third-order valence-corrected chi connectivity index (χ3v) is 6.00. The van der Waals surface area contributed by atoms with Crippen LogP contribution < -0.4 is 4.74 Å². The second-order valence-electron chi connectivity index (χ2n) is 8.46. The molecule has 1 atom stereocenters. The lowest BCUT2D eigenvalue weighted by Gasteiger charge is -2.39. The minimum atomic E-state index is -4.55. The molecule has 1 fully saturated rings. The second-order valence-corrected chi connectivity index (χ2v) is 8.46. The van der Waals surface area contributed by atoms with E-state index in [1.807, 2.05) is 4.90 Å². The van der Waals surface area contributed by atoms with Crippen LogP contribution in [-0.4, -0.2) is 66.6 Å². The minimum absolute atomic E-state index is 0.0481. The molecular formula is C23H24F6N2O2. The Kier molecular flexibility index (Phi) is 6.76. The molecule has 1 N–H and O–H groups in total. The van der Waals surface area contributed by atoms with Gasteiger partial charge in [0.15, 0.2) is 0 Å². The maximum absolute atomic E-state index is 15.2. The van der Waals surface area contributed by atoms with Crippen molar-refractivity contribution in [2.75, 3.05) is 39.4 Å². The average Bonchev–Trinajstić information content (AvgIpc) is 2.69. The Hall–Kier alpha value is -2.46. The molecule has 0 saturated carbocycles. The molecule has 0 unspecified atom stereocenters. The maximum atomic E-state index is 15.2. The van der Waals surface area contributed by atoms with Crippen molar-refractivity contribution in [3.8, 4) is 11.5 Å². The van der Waals surface area contributed by atoms with Crippen molar-refractivity contribution >= 4 is 0 Å². The summed E-state index contributed by atoms with van der Waals surface area (Å²) in [6.45, 7) is -0.243. The van der Waals surface area contributed by atoms with Gasteiger partial charge >= 0.3 is 6.18 Å². The number of phenolic OH excluding ortho intramolecular Hbond substituents is 1. The van der Waals surface area contributed by atoms with Crippen LogP contribution in [0.25, 0.3) is 0 Å². The molecule has 2 aliphatic heterocycles. The molecule has 2 aromatic carbocycles. The number of fused-ring (bicyclic) bond motifs is 1. The van der Waals surface area contributed by atoms with E-state index < -0.39 is 42.6 Å². The number of alkyl halides is 4. The van der Waals surface area contributed by atoms with Crippen LogP contribution >= 0.6 is 0 Å². The summed E-state index contributed by atoms with van der Waals surface area (Å²) < 4.78 is 87.8. The van der Waals surface area contributed by atoms with Gasteiger partial charge in [0.25, 0.3) is 0 Å². The quantitative estimate of drug-likeness (QED) is 0.595. The van der Waals surface area contributed by atoms with E-state index in [0.717, 1.165) is 17.0 Å². The van der Waals surface area contributed by atoms with E-state index in [0.29, 0.717) is 37.2 Å². The number of phenols is 1. The third kappa shape index (κ3) is 5.38. The van der Waals surface area contributed by atoms with Gasteiger partial charge in [-0.15, -0.1) is 0 Å². The molecule has 33 heavy (non-hydrogen) atoms. The minimum Gasteiger partial charge on any atom is -0.508 e. The number of rotatable bonds is 7. The first-order valence-corrected chi connectivity index (χ1v) is 10.7. The van der Waals surface area contributed by atoms with Crippen LogP contribution in [0.1, 0.15) is 29.2 Å². The number of nitrogens with zero attached hydrogens (tertiary/aromatic N) is 2. The third-order valence-electron chi connectivity index (χ3n) is 6.00. The Balaban J connectivity index is 1.60. The van der Waals surface area contributed by atoms with Gasteiger partial charge < -0.3 is 9.84 Å². The van der Waals surface area contributed by atoms with Crippen molar-refractivity contribution in [3.05, 3.63) is 58.7 Å². The number of halogens is 6. The van der Waals surface area contributed by atoms with Crippen LogP contribution in [0.2, 0.25) is 0 Å². The number of benzene rings is 2. The molecule has 2 aliphatic rings. The highest BCUT2D eigenvalue weighted by atomic mass is 19.4. The molecule has 1 saturated heterocycles. The number of likely N-dealkylation sites (tertiary alicyclic amines) is 1. The molecule has 4 rings (SSSR count). The van der Waals surface area contributed by atoms with Gasteiger partial charge in [-0.1, -0.05) is 6.07 Å². The van der Waals surface area contributed by atoms with Gasteiger partial charge in [0.1, 0.15) is 29.2 Å². The highest BCUT2D eigenvalue weighted by molar-refractivity contribution is 5.45. The highest BCUT2D eigenvalue weighted by Gasteiger charge is 2.40. The SMILES string of the molecule is Oc1ccc2c(c1)CCN(CC(F)(F)F)[C@@H]2c1c(F)cc(OC2CN(CCCF)C2)cc1F. The summed E-state index contributed by atoms with van der Waals surface area (Å²) in [6.07, 6.45) is -4.24. The van der Waals surface area contributed by atoms with E-state index in [2.05, 4.69) is 0 Å². The van der Waals surface area contributed by atoms with Crippen molar-refractivity contribution in [1.29, 1.82) is 0 Å². The Morgan fingerprint density at radius 2 is 1.76 bits per heavy atom. The number of ether oxygens (including phenoxy) is 1. The summed E-state index contributed by atoms with van der Waals surface area (Å²) in [5, 5.41) is 9.74. The first-order valence-electron chi connectivity index (χ1n) is 10.7. The van der Waals surface area contributed by atoms with E-state index in [1.165, 1.54) is 18.2 Å². The van der Waals surface area contributed by atoms with Crippen molar-refractivity contribution < 1.29 is 36.2 Å². The molecule has 2 aromatic rings. The van der Waals surface area contributed by atoms with Gasteiger partial charge in [-0.25, -0.2) is 8.78 Å². The normalized spacial score (nSPS) is 19.9. The number of hydrogen-bond donors (Lipinski definition) is 1. The predicted molar refractivity (Wildman–Crippen MR) is 109 cm³/mol. The first kappa shape index (κ1) is 23.7. The Morgan fingerprint density at radius 3 is 2.39 bits per heavy atom. The van der Waals surface area contributed by atoms with E-state index >= 15 is 8.78 Å². The lowest BCUT2D eigenvalue weighted by atomic mass is 9.87. The van der Waals surface area contributed by atoms with Gasteiger partial charge in [0.2, 0.25) is 0 Å². The molecule has 0 aromatic heterocycles. The Morgan fingerprint density at radius 1 is 1.06 bits per heavy atom. The van der Waals surface area contributed by atoms with Crippen LogP contribution in [0, 0.1) is 11.6 Å². The summed E-state index contributed by atoms with van der Waals surface area (Å²) in [6, 6.07) is 4.78. The zero-order valence-corrected chi connectivity index (χ0v) is 17.7. The van der Waals surface area contributed by atoms with Crippen LogP contribution in [0.4, 0.5) is 26.3 Å². The largest absolute Gasteiger partial charge is 0.508 e. The fourth-order valence-electron chi connectivity index (χ4n) is 4.55. The molecule has 0 amide bonds.